The van der Waals surface area contributed by atoms with Crippen molar-refractivity contribution < 1.29 is 18.0 Å². The van der Waals surface area contributed by atoms with Crippen molar-refractivity contribution in [2.24, 2.45) is 0 Å². The number of rotatable bonds is 3. The molecule has 1 aromatic rings. The highest BCUT2D eigenvalue weighted by Gasteiger charge is 2.28. The molecule has 0 radical (unpaired) electrons. The molecule has 0 unspecified atom stereocenters. The van der Waals surface area contributed by atoms with E-state index in [-0.39, 0.29) is 11.6 Å². The molecule has 15 heavy (non-hydrogen) atoms. The number of nitrogens with zero attached hydrogens (tertiary/aromatic N) is 2. The zero-order chi connectivity index (χ0) is 11.5. The molecule has 0 atom stereocenters. The summed E-state index contributed by atoms with van der Waals surface area (Å²) in [7, 11) is 0. The van der Waals surface area contributed by atoms with Crippen molar-refractivity contribution in [1.29, 1.82) is 0 Å². The van der Waals surface area contributed by atoms with Gasteiger partial charge in [0.1, 0.15) is 12.4 Å². The quantitative estimate of drug-likeness (QED) is 0.818. The van der Waals surface area contributed by atoms with Gasteiger partial charge in [0.05, 0.1) is 11.9 Å². The lowest BCUT2D eigenvalue weighted by molar-refractivity contribution is -0.142. The van der Waals surface area contributed by atoms with E-state index in [1.165, 1.54) is 0 Å². The number of hydrogen-bond donors (Lipinski definition) is 1. The number of carbonyl (C=O) groups is 1. The van der Waals surface area contributed by atoms with Crippen LogP contribution >= 0.6 is 11.6 Å². The summed E-state index contributed by atoms with van der Waals surface area (Å²) >= 11 is 5.20. The summed E-state index contributed by atoms with van der Waals surface area (Å²) in [5, 5.41) is 5.70. The molecule has 1 heterocycles. The van der Waals surface area contributed by atoms with Crippen LogP contribution in [0.3, 0.4) is 0 Å². The Balaban J connectivity index is 2.60. The molecule has 8 heteroatoms. The van der Waals surface area contributed by atoms with Gasteiger partial charge in [-0.05, 0) is 0 Å². The number of amides is 1. The summed E-state index contributed by atoms with van der Waals surface area (Å²) in [6.45, 7) is -1.19. The predicted octanol–water partition coefficient (Wildman–Crippen LogP) is 1.62. The van der Waals surface area contributed by atoms with Crippen molar-refractivity contribution in [3.8, 4) is 0 Å². The minimum absolute atomic E-state index is 0.185. The van der Waals surface area contributed by atoms with Crippen LogP contribution in [0.4, 0.5) is 18.9 Å². The summed E-state index contributed by atoms with van der Waals surface area (Å²) in [5.74, 6) is -0.756. The first kappa shape index (κ1) is 11.8. The van der Waals surface area contributed by atoms with Crippen LogP contribution in [-0.4, -0.2) is 27.7 Å². The highest BCUT2D eigenvalue weighted by atomic mass is 35.5. The molecular weight excluding hydrogens is 235 g/mol. The number of alkyl halides is 4. The summed E-state index contributed by atoms with van der Waals surface area (Å²) < 4.78 is 36.4. The average Bonchev–Trinajstić information content (AvgIpc) is 2.49. The zero-order valence-electron chi connectivity index (χ0n) is 7.38. The van der Waals surface area contributed by atoms with Gasteiger partial charge in [-0.3, -0.25) is 9.48 Å². The summed E-state index contributed by atoms with van der Waals surface area (Å²) in [6.07, 6.45) is -2.13. The van der Waals surface area contributed by atoms with E-state index in [9.17, 15) is 18.0 Å². The van der Waals surface area contributed by atoms with Gasteiger partial charge in [0.15, 0.2) is 0 Å². The molecular formula is C7H7ClF3N3O. The first-order valence-electron chi connectivity index (χ1n) is 3.86. The molecule has 1 N–H and O–H groups in total. The number of hydrogen-bond acceptors (Lipinski definition) is 2. The molecule has 0 fully saturated rings. The third-order valence-corrected chi connectivity index (χ3v) is 1.62. The number of anilines is 1. The van der Waals surface area contributed by atoms with Gasteiger partial charge in [0.2, 0.25) is 5.91 Å². The van der Waals surface area contributed by atoms with Gasteiger partial charge in [-0.2, -0.15) is 18.3 Å². The van der Waals surface area contributed by atoms with Crippen LogP contribution in [0.5, 0.6) is 0 Å². The van der Waals surface area contributed by atoms with Crippen LogP contribution < -0.4 is 5.32 Å². The maximum absolute atomic E-state index is 11.9. The summed E-state index contributed by atoms with van der Waals surface area (Å²) in [5.41, 5.74) is 0.185. The van der Waals surface area contributed by atoms with Gasteiger partial charge in [0, 0.05) is 6.20 Å². The first-order valence-corrected chi connectivity index (χ1v) is 4.39. The van der Waals surface area contributed by atoms with Crippen molar-refractivity contribution in [2.75, 3.05) is 11.2 Å². The van der Waals surface area contributed by atoms with E-state index in [0.29, 0.717) is 4.68 Å². The van der Waals surface area contributed by atoms with E-state index in [1.54, 1.807) is 0 Å². The molecule has 0 bridgehead atoms. The summed E-state index contributed by atoms with van der Waals surface area (Å²) in [6, 6.07) is 0. The number of halogens is 4. The second kappa shape index (κ2) is 4.52. The van der Waals surface area contributed by atoms with E-state index in [0.717, 1.165) is 12.4 Å². The van der Waals surface area contributed by atoms with Crippen LogP contribution in [-0.2, 0) is 11.3 Å². The summed E-state index contributed by atoms with van der Waals surface area (Å²) in [4.78, 5) is 10.8. The van der Waals surface area contributed by atoms with Crippen LogP contribution in [0.15, 0.2) is 12.4 Å². The van der Waals surface area contributed by atoms with Gasteiger partial charge in [0.25, 0.3) is 0 Å². The van der Waals surface area contributed by atoms with Crippen molar-refractivity contribution in [1.82, 2.24) is 9.78 Å². The fourth-order valence-corrected chi connectivity index (χ4v) is 0.959. The Morgan fingerprint density at radius 3 is 2.80 bits per heavy atom. The molecule has 0 spiro atoms. The highest BCUT2D eigenvalue weighted by Crippen LogP contribution is 2.17. The molecule has 0 aliphatic heterocycles. The van der Waals surface area contributed by atoms with E-state index < -0.39 is 18.6 Å². The van der Waals surface area contributed by atoms with E-state index >= 15 is 0 Å². The number of nitrogens with one attached hydrogen (secondary N) is 1. The number of carbonyl (C=O) groups excluding carboxylic acids is 1. The van der Waals surface area contributed by atoms with Crippen LogP contribution in [0.2, 0.25) is 0 Å². The SMILES string of the molecule is O=C(CCl)Nc1cnn(CC(F)(F)F)c1. The zero-order valence-corrected chi connectivity index (χ0v) is 8.14. The molecule has 0 aliphatic carbocycles. The van der Waals surface area contributed by atoms with Gasteiger partial charge < -0.3 is 5.32 Å². The molecule has 0 saturated heterocycles. The molecule has 1 aromatic heterocycles. The predicted molar refractivity (Wildman–Crippen MR) is 47.6 cm³/mol. The normalized spacial score (nSPS) is 11.5. The van der Waals surface area contributed by atoms with E-state index in [2.05, 4.69) is 10.4 Å². The second-order valence-corrected chi connectivity index (χ2v) is 2.99. The third-order valence-electron chi connectivity index (χ3n) is 1.38. The Hall–Kier alpha value is -1.24. The molecule has 0 saturated carbocycles. The topological polar surface area (TPSA) is 46.9 Å². The molecule has 0 aliphatic rings. The molecule has 4 nitrogen and oxygen atoms in total. The molecule has 1 amide bonds. The van der Waals surface area contributed by atoms with Gasteiger partial charge in [-0.15, -0.1) is 11.6 Å². The molecule has 84 valence electrons. The standard InChI is InChI=1S/C7H7ClF3N3O/c8-1-6(15)13-5-2-12-14(3-5)4-7(9,10)11/h2-3H,1,4H2,(H,13,15). The lowest BCUT2D eigenvalue weighted by atomic mass is 10.5. The van der Waals surface area contributed by atoms with Crippen molar-refractivity contribution in [3.05, 3.63) is 12.4 Å². The van der Waals surface area contributed by atoms with Crippen LogP contribution in [0.25, 0.3) is 0 Å². The fraction of sp³-hybridized carbons (Fsp3) is 0.429. The monoisotopic (exact) mass is 241 g/mol. The van der Waals surface area contributed by atoms with Crippen LogP contribution in [0.1, 0.15) is 0 Å². The minimum Gasteiger partial charge on any atom is -0.322 e. The Labute approximate surface area is 88.0 Å². The maximum atomic E-state index is 11.9. The van der Waals surface area contributed by atoms with Crippen molar-refractivity contribution >= 4 is 23.2 Å². The van der Waals surface area contributed by atoms with Crippen molar-refractivity contribution in [2.45, 2.75) is 12.7 Å². The number of aromatic nitrogens is 2. The van der Waals surface area contributed by atoms with Gasteiger partial charge >= 0.3 is 6.18 Å². The first-order chi connectivity index (χ1) is 6.90. The Morgan fingerprint density at radius 2 is 2.27 bits per heavy atom. The average molecular weight is 242 g/mol. The Morgan fingerprint density at radius 1 is 1.60 bits per heavy atom. The van der Waals surface area contributed by atoms with E-state index in [1.807, 2.05) is 0 Å². The Kier molecular flexibility index (Phi) is 3.57. The minimum atomic E-state index is -4.33. The molecule has 0 aromatic carbocycles. The Bertz CT molecular complexity index is 349. The van der Waals surface area contributed by atoms with E-state index in [4.69, 9.17) is 11.6 Å². The highest BCUT2D eigenvalue weighted by molar-refractivity contribution is 6.29. The second-order valence-electron chi connectivity index (χ2n) is 2.72. The largest absolute Gasteiger partial charge is 0.408 e. The fourth-order valence-electron chi connectivity index (χ4n) is 0.893. The van der Waals surface area contributed by atoms with Gasteiger partial charge in [-0.25, -0.2) is 0 Å². The lowest BCUT2D eigenvalue weighted by Crippen LogP contribution is -2.18. The van der Waals surface area contributed by atoms with Crippen molar-refractivity contribution in [3.63, 3.8) is 0 Å². The molecule has 1 rings (SSSR count). The van der Waals surface area contributed by atoms with Crippen LogP contribution in [0, 0.1) is 0 Å². The lowest BCUT2D eigenvalue weighted by Gasteiger charge is -2.05. The smallest absolute Gasteiger partial charge is 0.322 e. The van der Waals surface area contributed by atoms with Gasteiger partial charge in [-0.1, -0.05) is 0 Å². The maximum Gasteiger partial charge on any atom is 0.408 e. The third kappa shape index (κ3) is 4.20.